The first kappa shape index (κ1) is 9.53. The Hall–Kier alpha value is -1.02. The van der Waals surface area contributed by atoms with Crippen molar-refractivity contribution in [2.45, 2.75) is 32.3 Å². The zero-order valence-corrected chi connectivity index (χ0v) is 8.96. The second kappa shape index (κ2) is 2.99. The van der Waals surface area contributed by atoms with Gasteiger partial charge in [-0.3, -0.25) is 0 Å². The molecule has 1 aliphatic heterocycles. The molecule has 14 heavy (non-hydrogen) atoms. The van der Waals surface area contributed by atoms with Gasteiger partial charge in [0.1, 0.15) is 0 Å². The molecule has 2 nitrogen and oxygen atoms in total. The standard InChI is InChI=1S/C12H17NO/c1-8-7-13-11-9(8)5-4-6-10(11)12(2,3)14/h4-6,8,13-14H,7H2,1-3H3. The average Bonchev–Trinajstić information content (AvgIpc) is 2.46. The smallest absolute Gasteiger partial charge is 0.0860 e. The number of anilines is 1. The maximum Gasteiger partial charge on any atom is 0.0860 e. The Bertz CT molecular complexity index is 352. The number of benzene rings is 1. The van der Waals surface area contributed by atoms with E-state index in [1.165, 1.54) is 5.56 Å². The highest BCUT2D eigenvalue weighted by atomic mass is 16.3. The minimum absolute atomic E-state index is 0.548. The van der Waals surface area contributed by atoms with E-state index in [9.17, 15) is 5.11 Å². The van der Waals surface area contributed by atoms with Crippen molar-refractivity contribution in [2.75, 3.05) is 11.9 Å². The molecule has 1 atom stereocenters. The van der Waals surface area contributed by atoms with E-state index in [1.807, 2.05) is 26.0 Å². The highest BCUT2D eigenvalue weighted by Gasteiger charge is 2.26. The molecule has 1 aromatic carbocycles. The summed E-state index contributed by atoms with van der Waals surface area (Å²) in [7, 11) is 0. The Morgan fingerprint density at radius 1 is 1.43 bits per heavy atom. The molecule has 2 rings (SSSR count). The molecule has 1 aliphatic rings. The van der Waals surface area contributed by atoms with E-state index in [0.717, 1.165) is 17.8 Å². The van der Waals surface area contributed by atoms with Gasteiger partial charge in [0.2, 0.25) is 0 Å². The summed E-state index contributed by atoms with van der Waals surface area (Å²) in [5.41, 5.74) is 2.69. The SMILES string of the molecule is CC1CNc2c1cccc2C(C)(C)O. The first-order valence-electron chi connectivity index (χ1n) is 5.10. The van der Waals surface area contributed by atoms with Gasteiger partial charge in [0.15, 0.2) is 0 Å². The van der Waals surface area contributed by atoms with Crippen LogP contribution < -0.4 is 5.32 Å². The number of rotatable bonds is 1. The highest BCUT2D eigenvalue weighted by molar-refractivity contribution is 5.64. The van der Waals surface area contributed by atoms with E-state index in [1.54, 1.807) is 0 Å². The number of hydrogen-bond donors (Lipinski definition) is 2. The van der Waals surface area contributed by atoms with Crippen LogP contribution in [-0.4, -0.2) is 11.7 Å². The van der Waals surface area contributed by atoms with E-state index in [4.69, 9.17) is 0 Å². The normalized spacial score (nSPS) is 20.4. The number of hydrogen-bond acceptors (Lipinski definition) is 2. The Labute approximate surface area is 85.0 Å². The van der Waals surface area contributed by atoms with Crippen molar-refractivity contribution in [1.29, 1.82) is 0 Å². The average molecular weight is 191 g/mol. The molecule has 0 aromatic heterocycles. The molecule has 0 radical (unpaired) electrons. The molecule has 1 unspecified atom stereocenters. The van der Waals surface area contributed by atoms with E-state index in [0.29, 0.717) is 5.92 Å². The molecule has 76 valence electrons. The Morgan fingerprint density at radius 2 is 2.14 bits per heavy atom. The van der Waals surface area contributed by atoms with Gasteiger partial charge in [-0.2, -0.15) is 0 Å². The van der Waals surface area contributed by atoms with Gasteiger partial charge in [0.05, 0.1) is 5.60 Å². The van der Waals surface area contributed by atoms with Crippen LogP contribution >= 0.6 is 0 Å². The van der Waals surface area contributed by atoms with Crippen molar-refractivity contribution < 1.29 is 5.11 Å². The van der Waals surface area contributed by atoms with Crippen LogP contribution in [0.15, 0.2) is 18.2 Å². The first-order chi connectivity index (χ1) is 6.50. The number of fused-ring (bicyclic) bond motifs is 1. The van der Waals surface area contributed by atoms with Crippen LogP contribution in [0, 0.1) is 0 Å². The Balaban J connectivity index is 2.55. The summed E-state index contributed by atoms with van der Waals surface area (Å²) in [5.74, 6) is 0.548. The van der Waals surface area contributed by atoms with Crippen molar-refractivity contribution in [2.24, 2.45) is 0 Å². The number of nitrogens with one attached hydrogen (secondary N) is 1. The van der Waals surface area contributed by atoms with Crippen molar-refractivity contribution in [3.63, 3.8) is 0 Å². The molecule has 0 saturated carbocycles. The molecule has 2 heteroatoms. The lowest BCUT2D eigenvalue weighted by Crippen LogP contribution is -2.17. The molecular formula is C12H17NO. The summed E-state index contributed by atoms with van der Waals surface area (Å²) in [5, 5.41) is 13.4. The summed E-state index contributed by atoms with van der Waals surface area (Å²) in [6.45, 7) is 6.83. The number of aliphatic hydroxyl groups is 1. The van der Waals surface area contributed by atoms with Gasteiger partial charge in [0.25, 0.3) is 0 Å². The second-order valence-corrected chi connectivity index (χ2v) is 4.61. The van der Waals surface area contributed by atoms with Crippen LogP contribution in [0.3, 0.4) is 0 Å². The van der Waals surface area contributed by atoms with Crippen molar-refractivity contribution >= 4 is 5.69 Å². The minimum atomic E-state index is -0.762. The highest BCUT2D eigenvalue weighted by Crippen LogP contribution is 2.38. The van der Waals surface area contributed by atoms with Crippen LogP contribution in [0.2, 0.25) is 0 Å². The van der Waals surface area contributed by atoms with Crippen LogP contribution in [0.4, 0.5) is 5.69 Å². The second-order valence-electron chi connectivity index (χ2n) is 4.61. The maximum atomic E-state index is 10.00. The molecule has 0 amide bonds. The molecule has 2 N–H and O–H groups in total. The molecule has 0 saturated heterocycles. The topological polar surface area (TPSA) is 32.3 Å². The van der Waals surface area contributed by atoms with Crippen LogP contribution in [0.1, 0.15) is 37.8 Å². The Kier molecular flexibility index (Phi) is 2.04. The summed E-state index contributed by atoms with van der Waals surface area (Å²) in [4.78, 5) is 0. The molecule has 0 aliphatic carbocycles. The zero-order chi connectivity index (χ0) is 10.3. The lowest BCUT2D eigenvalue weighted by atomic mass is 9.92. The maximum absolute atomic E-state index is 10.00. The summed E-state index contributed by atoms with van der Waals surface area (Å²) in [6.07, 6.45) is 0. The zero-order valence-electron chi connectivity index (χ0n) is 8.96. The van der Waals surface area contributed by atoms with Gasteiger partial charge >= 0.3 is 0 Å². The third-order valence-corrected chi connectivity index (χ3v) is 2.87. The summed E-state index contributed by atoms with van der Waals surface area (Å²) < 4.78 is 0. The molecule has 1 aromatic rings. The molecular weight excluding hydrogens is 174 g/mol. The van der Waals surface area contributed by atoms with E-state index < -0.39 is 5.60 Å². The lowest BCUT2D eigenvalue weighted by molar-refractivity contribution is 0.0793. The van der Waals surface area contributed by atoms with Crippen LogP contribution in [0.5, 0.6) is 0 Å². The number of para-hydroxylation sites is 1. The first-order valence-corrected chi connectivity index (χ1v) is 5.10. The molecule has 0 fully saturated rings. The predicted molar refractivity (Wildman–Crippen MR) is 58.6 cm³/mol. The molecule has 1 heterocycles. The van der Waals surface area contributed by atoms with Gasteiger partial charge < -0.3 is 10.4 Å². The van der Waals surface area contributed by atoms with Crippen LogP contribution in [-0.2, 0) is 5.60 Å². The third-order valence-electron chi connectivity index (χ3n) is 2.87. The minimum Gasteiger partial charge on any atom is -0.386 e. The van der Waals surface area contributed by atoms with Crippen molar-refractivity contribution in [3.05, 3.63) is 29.3 Å². The van der Waals surface area contributed by atoms with Gasteiger partial charge in [-0.05, 0) is 19.4 Å². The van der Waals surface area contributed by atoms with Crippen molar-refractivity contribution in [3.8, 4) is 0 Å². The van der Waals surface area contributed by atoms with Gasteiger partial charge in [-0.25, -0.2) is 0 Å². The molecule has 0 bridgehead atoms. The van der Waals surface area contributed by atoms with Crippen LogP contribution in [0.25, 0.3) is 0 Å². The fourth-order valence-corrected chi connectivity index (χ4v) is 2.05. The van der Waals surface area contributed by atoms with Gasteiger partial charge in [0, 0.05) is 23.7 Å². The summed E-state index contributed by atoms with van der Waals surface area (Å²) in [6, 6.07) is 6.15. The van der Waals surface area contributed by atoms with Gasteiger partial charge in [-0.15, -0.1) is 0 Å². The fraction of sp³-hybridized carbons (Fsp3) is 0.500. The third kappa shape index (κ3) is 1.40. The van der Waals surface area contributed by atoms with Crippen molar-refractivity contribution in [1.82, 2.24) is 0 Å². The Morgan fingerprint density at radius 3 is 2.79 bits per heavy atom. The lowest BCUT2D eigenvalue weighted by Gasteiger charge is -2.21. The predicted octanol–water partition coefficient (Wildman–Crippen LogP) is 2.44. The van der Waals surface area contributed by atoms with E-state index in [2.05, 4.69) is 18.3 Å². The largest absolute Gasteiger partial charge is 0.386 e. The fourth-order valence-electron chi connectivity index (χ4n) is 2.05. The van der Waals surface area contributed by atoms with E-state index in [-0.39, 0.29) is 0 Å². The van der Waals surface area contributed by atoms with Gasteiger partial charge in [-0.1, -0.05) is 25.1 Å². The monoisotopic (exact) mass is 191 g/mol. The molecule has 0 spiro atoms. The van der Waals surface area contributed by atoms with E-state index >= 15 is 0 Å². The quantitative estimate of drug-likeness (QED) is 0.714. The summed E-state index contributed by atoms with van der Waals surface area (Å²) >= 11 is 0.